The Labute approximate surface area is 167 Å². The first kappa shape index (κ1) is 21.4. The molecule has 1 unspecified atom stereocenters. The SMILES string of the molecule is COc1cc(C(C)NC(=O)Nc2ccc(N(C)C)cc2C)ccc1OC(C)C. The minimum absolute atomic E-state index is 0.0585. The molecule has 0 aliphatic heterocycles. The molecular formula is C22H31N3O3. The van der Waals surface area contributed by atoms with Crippen LogP contribution in [0, 0.1) is 6.92 Å². The van der Waals surface area contributed by atoms with Crippen molar-refractivity contribution in [2.45, 2.75) is 39.8 Å². The topological polar surface area (TPSA) is 62.8 Å². The van der Waals surface area contributed by atoms with Crippen LogP contribution in [-0.4, -0.2) is 33.3 Å². The van der Waals surface area contributed by atoms with E-state index in [9.17, 15) is 4.79 Å². The zero-order chi connectivity index (χ0) is 20.8. The highest BCUT2D eigenvalue weighted by atomic mass is 16.5. The second kappa shape index (κ2) is 9.35. The molecule has 0 heterocycles. The Balaban J connectivity index is 2.06. The maximum absolute atomic E-state index is 12.4. The van der Waals surface area contributed by atoms with E-state index < -0.39 is 0 Å². The molecule has 2 N–H and O–H groups in total. The summed E-state index contributed by atoms with van der Waals surface area (Å²) in [5, 5.41) is 5.88. The fraction of sp³-hybridized carbons (Fsp3) is 0.409. The molecule has 0 fully saturated rings. The second-order valence-electron chi connectivity index (χ2n) is 7.29. The minimum Gasteiger partial charge on any atom is -0.493 e. The summed E-state index contributed by atoms with van der Waals surface area (Å²) in [5.74, 6) is 1.34. The van der Waals surface area contributed by atoms with Gasteiger partial charge in [-0.1, -0.05) is 6.07 Å². The average Bonchev–Trinajstić information content (AvgIpc) is 2.62. The molecular weight excluding hydrogens is 354 g/mol. The zero-order valence-electron chi connectivity index (χ0n) is 17.8. The Hall–Kier alpha value is -2.89. The largest absolute Gasteiger partial charge is 0.493 e. The predicted molar refractivity (Wildman–Crippen MR) is 115 cm³/mol. The molecule has 28 heavy (non-hydrogen) atoms. The molecule has 0 saturated heterocycles. The quantitative estimate of drug-likeness (QED) is 0.723. The first-order chi connectivity index (χ1) is 13.2. The highest BCUT2D eigenvalue weighted by Gasteiger charge is 2.14. The molecule has 2 amide bonds. The van der Waals surface area contributed by atoms with Gasteiger partial charge in [-0.15, -0.1) is 0 Å². The van der Waals surface area contributed by atoms with Crippen molar-refractivity contribution in [1.82, 2.24) is 5.32 Å². The van der Waals surface area contributed by atoms with E-state index in [1.165, 1.54) is 0 Å². The predicted octanol–water partition coefficient (Wildman–Crippen LogP) is 4.74. The fourth-order valence-corrected chi connectivity index (χ4v) is 2.81. The molecule has 0 saturated carbocycles. The highest BCUT2D eigenvalue weighted by Crippen LogP contribution is 2.31. The van der Waals surface area contributed by atoms with Crippen molar-refractivity contribution in [3.05, 3.63) is 47.5 Å². The normalized spacial score (nSPS) is 11.7. The maximum Gasteiger partial charge on any atom is 0.319 e. The summed E-state index contributed by atoms with van der Waals surface area (Å²) in [5.41, 5.74) is 3.81. The van der Waals surface area contributed by atoms with Gasteiger partial charge in [-0.05, 0) is 69.2 Å². The third-order valence-corrected chi connectivity index (χ3v) is 4.37. The Kier molecular flexibility index (Phi) is 7.15. The number of urea groups is 1. The van der Waals surface area contributed by atoms with E-state index in [0.29, 0.717) is 11.5 Å². The number of carbonyl (C=O) groups is 1. The van der Waals surface area contributed by atoms with Crippen LogP contribution in [0.5, 0.6) is 11.5 Å². The van der Waals surface area contributed by atoms with Gasteiger partial charge in [-0.2, -0.15) is 0 Å². The Morgan fingerprint density at radius 1 is 1.04 bits per heavy atom. The van der Waals surface area contributed by atoms with Crippen LogP contribution >= 0.6 is 0 Å². The van der Waals surface area contributed by atoms with Crippen molar-refractivity contribution >= 4 is 17.4 Å². The molecule has 6 nitrogen and oxygen atoms in total. The van der Waals surface area contributed by atoms with Crippen LogP contribution in [0.25, 0.3) is 0 Å². The van der Waals surface area contributed by atoms with Crippen LogP contribution in [0.2, 0.25) is 0 Å². The molecule has 0 radical (unpaired) electrons. The van der Waals surface area contributed by atoms with Gasteiger partial charge in [0.25, 0.3) is 0 Å². The number of nitrogens with zero attached hydrogens (tertiary/aromatic N) is 1. The van der Waals surface area contributed by atoms with Gasteiger partial charge in [0.15, 0.2) is 11.5 Å². The van der Waals surface area contributed by atoms with Crippen LogP contribution in [-0.2, 0) is 0 Å². The van der Waals surface area contributed by atoms with Gasteiger partial charge in [-0.3, -0.25) is 0 Å². The van der Waals surface area contributed by atoms with Gasteiger partial charge in [-0.25, -0.2) is 4.79 Å². The molecule has 0 aromatic heterocycles. The third-order valence-electron chi connectivity index (χ3n) is 4.37. The van der Waals surface area contributed by atoms with Crippen molar-refractivity contribution < 1.29 is 14.3 Å². The summed E-state index contributed by atoms with van der Waals surface area (Å²) < 4.78 is 11.2. The van der Waals surface area contributed by atoms with Gasteiger partial charge in [0.2, 0.25) is 0 Å². The number of carbonyl (C=O) groups excluding carboxylic acids is 1. The number of aryl methyl sites for hydroxylation is 1. The van der Waals surface area contributed by atoms with E-state index >= 15 is 0 Å². The summed E-state index contributed by atoms with van der Waals surface area (Å²) in [6.45, 7) is 7.84. The summed E-state index contributed by atoms with van der Waals surface area (Å²) >= 11 is 0. The van der Waals surface area contributed by atoms with E-state index in [0.717, 1.165) is 22.5 Å². The summed E-state index contributed by atoms with van der Waals surface area (Å²) in [7, 11) is 5.58. The van der Waals surface area contributed by atoms with E-state index in [1.807, 2.05) is 83.1 Å². The molecule has 0 aliphatic carbocycles. The summed E-state index contributed by atoms with van der Waals surface area (Å²) in [4.78, 5) is 14.5. The smallest absolute Gasteiger partial charge is 0.319 e. The lowest BCUT2D eigenvalue weighted by atomic mass is 10.1. The molecule has 2 rings (SSSR count). The van der Waals surface area contributed by atoms with Gasteiger partial charge >= 0.3 is 6.03 Å². The summed E-state index contributed by atoms with van der Waals surface area (Å²) in [6, 6.07) is 11.2. The first-order valence-corrected chi connectivity index (χ1v) is 9.41. The van der Waals surface area contributed by atoms with Crippen molar-refractivity contribution in [3.63, 3.8) is 0 Å². The number of methoxy groups -OCH3 is 1. The number of benzene rings is 2. The molecule has 6 heteroatoms. The molecule has 2 aromatic rings. The minimum atomic E-state index is -0.255. The van der Waals surface area contributed by atoms with E-state index in [1.54, 1.807) is 7.11 Å². The van der Waals surface area contributed by atoms with E-state index in [2.05, 4.69) is 10.6 Å². The van der Waals surface area contributed by atoms with Gasteiger partial charge in [0.1, 0.15) is 0 Å². The zero-order valence-corrected chi connectivity index (χ0v) is 17.8. The van der Waals surface area contributed by atoms with Crippen LogP contribution in [0.1, 0.15) is 37.9 Å². The molecule has 152 valence electrons. The Bertz CT molecular complexity index is 819. The molecule has 2 aromatic carbocycles. The second-order valence-corrected chi connectivity index (χ2v) is 7.29. The van der Waals surface area contributed by atoms with Crippen molar-refractivity contribution in [2.75, 3.05) is 31.4 Å². The average molecular weight is 386 g/mol. The van der Waals surface area contributed by atoms with Crippen molar-refractivity contribution in [3.8, 4) is 11.5 Å². The van der Waals surface area contributed by atoms with Crippen LogP contribution in [0.4, 0.5) is 16.2 Å². The Morgan fingerprint density at radius 2 is 1.75 bits per heavy atom. The van der Waals surface area contributed by atoms with Crippen molar-refractivity contribution in [1.29, 1.82) is 0 Å². The lowest BCUT2D eigenvalue weighted by Crippen LogP contribution is -2.31. The molecule has 0 spiro atoms. The highest BCUT2D eigenvalue weighted by molar-refractivity contribution is 5.90. The Morgan fingerprint density at radius 3 is 2.32 bits per heavy atom. The van der Waals surface area contributed by atoms with Crippen LogP contribution in [0.15, 0.2) is 36.4 Å². The van der Waals surface area contributed by atoms with E-state index in [-0.39, 0.29) is 18.2 Å². The van der Waals surface area contributed by atoms with Gasteiger partial charge < -0.3 is 25.0 Å². The lowest BCUT2D eigenvalue weighted by molar-refractivity contribution is 0.230. The van der Waals surface area contributed by atoms with Crippen molar-refractivity contribution in [2.24, 2.45) is 0 Å². The number of amides is 2. The maximum atomic E-state index is 12.4. The fourth-order valence-electron chi connectivity index (χ4n) is 2.81. The lowest BCUT2D eigenvalue weighted by Gasteiger charge is -2.19. The molecule has 1 atom stereocenters. The van der Waals surface area contributed by atoms with Gasteiger partial charge in [0.05, 0.1) is 19.3 Å². The standard InChI is InChI=1S/C22H31N3O3/c1-14(2)28-20-11-8-17(13-21(20)27-7)16(4)23-22(26)24-19-10-9-18(25(5)6)12-15(19)3/h8-14,16H,1-7H3,(H2,23,24,26). The number of hydrogen-bond donors (Lipinski definition) is 2. The first-order valence-electron chi connectivity index (χ1n) is 9.41. The van der Waals surface area contributed by atoms with Crippen LogP contribution in [0.3, 0.4) is 0 Å². The summed E-state index contributed by atoms with van der Waals surface area (Å²) in [6.07, 6.45) is 0.0585. The van der Waals surface area contributed by atoms with E-state index in [4.69, 9.17) is 9.47 Å². The number of rotatable bonds is 7. The number of hydrogen-bond acceptors (Lipinski definition) is 4. The molecule has 0 aliphatic rings. The molecule has 0 bridgehead atoms. The number of ether oxygens (including phenoxy) is 2. The van der Waals surface area contributed by atoms with Gasteiger partial charge in [0, 0.05) is 25.5 Å². The number of nitrogens with one attached hydrogen (secondary N) is 2. The third kappa shape index (κ3) is 5.55. The monoisotopic (exact) mass is 385 g/mol. The van der Waals surface area contributed by atoms with Crippen LogP contribution < -0.4 is 25.0 Å². The number of anilines is 2.